The molecule has 4 heteroatoms. The molecule has 0 saturated carbocycles. The van der Waals surface area contributed by atoms with Crippen molar-refractivity contribution in [3.63, 3.8) is 0 Å². The summed E-state index contributed by atoms with van der Waals surface area (Å²) in [6.45, 7) is 4.34. The van der Waals surface area contributed by atoms with E-state index in [2.05, 4.69) is 31.3 Å². The molecular weight excluding hydrogens is 879 g/mol. The molecule has 0 rings (SSSR count). The standard InChI is InChI=1S/C68H133NO3/c1-3-5-7-9-11-13-15-17-19-21-23-24-25-26-27-28-29-30-31-32-33-34-35-36-37-38-39-40-41-42-43-44-46-48-50-52-54-56-58-60-62-64-68(72)69-66(65-70)67(71)63-61-59-57-55-53-51-49-47-45-22-20-18-16-14-12-10-8-6-4-2/h53,55,61,63,66-67,70-71H,3-52,54,56-60,62,64-65H2,1-2H3,(H,69,72)/b55-53+,63-61+. The van der Waals surface area contributed by atoms with Crippen LogP contribution in [0.1, 0.15) is 386 Å². The van der Waals surface area contributed by atoms with Crippen molar-refractivity contribution in [3.05, 3.63) is 24.3 Å². The van der Waals surface area contributed by atoms with Gasteiger partial charge in [-0.1, -0.05) is 372 Å². The number of carbonyl (C=O) groups is 1. The lowest BCUT2D eigenvalue weighted by atomic mass is 10.0. The van der Waals surface area contributed by atoms with Gasteiger partial charge in [0.2, 0.25) is 5.91 Å². The third-order valence-corrected chi connectivity index (χ3v) is 15.9. The fraction of sp³-hybridized carbons (Fsp3) is 0.926. The number of carbonyl (C=O) groups excluding carboxylic acids is 1. The van der Waals surface area contributed by atoms with Gasteiger partial charge in [0.15, 0.2) is 0 Å². The number of allylic oxidation sites excluding steroid dienone is 3. The average Bonchev–Trinajstić information content (AvgIpc) is 3.39. The molecule has 0 aromatic carbocycles. The van der Waals surface area contributed by atoms with Crippen LogP contribution in [0.5, 0.6) is 0 Å². The molecule has 1 amide bonds. The van der Waals surface area contributed by atoms with Gasteiger partial charge in [-0.15, -0.1) is 0 Å². The number of amides is 1. The summed E-state index contributed by atoms with van der Waals surface area (Å²) < 4.78 is 0. The molecule has 2 atom stereocenters. The van der Waals surface area contributed by atoms with Crippen molar-refractivity contribution in [2.75, 3.05) is 6.61 Å². The maximum absolute atomic E-state index is 12.5. The first-order valence-electron chi connectivity index (χ1n) is 33.6. The second kappa shape index (κ2) is 64.2. The van der Waals surface area contributed by atoms with Crippen molar-refractivity contribution < 1.29 is 15.0 Å². The number of rotatable bonds is 63. The summed E-state index contributed by atoms with van der Waals surface area (Å²) in [5.41, 5.74) is 0. The molecule has 0 bridgehead atoms. The fourth-order valence-electron chi connectivity index (χ4n) is 10.8. The Balaban J connectivity index is 3.37. The fourth-order valence-corrected chi connectivity index (χ4v) is 10.8. The number of unbranched alkanes of at least 4 members (excludes halogenated alkanes) is 54. The first kappa shape index (κ1) is 70.9. The highest BCUT2D eigenvalue weighted by Crippen LogP contribution is 2.19. The van der Waals surface area contributed by atoms with Gasteiger partial charge in [0, 0.05) is 6.42 Å². The Hall–Kier alpha value is -1.13. The van der Waals surface area contributed by atoms with Gasteiger partial charge in [-0.05, 0) is 32.1 Å². The van der Waals surface area contributed by atoms with E-state index < -0.39 is 12.1 Å². The van der Waals surface area contributed by atoms with E-state index in [9.17, 15) is 15.0 Å². The second-order valence-corrected chi connectivity index (χ2v) is 23.2. The van der Waals surface area contributed by atoms with Gasteiger partial charge >= 0.3 is 0 Å². The van der Waals surface area contributed by atoms with Crippen LogP contribution in [0.4, 0.5) is 0 Å². The van der Waals surface area contributed by atoms with Crippen LogP contribution in [0, 0.1) is 0 Å². The number of hydrogen-bond donors (Lipinski definition) is 3. The lowest BCUT2D eigenvalue weighted by Gasteiger charge is -2.19. The van der Waals surface area contributed by atoms with E-state index in [-0.39, 0.29) is 12.5 Å². The van der Waals surface area contributed by atoms with Crippen molar-refractivity contribution in [1.29, 1.82) is 0 Å². The van der Waals surface area contributed by atoms with E-state index >= 15 is 0 Å². The molecule has 0 aliphatic heterocycles. The van der Waals surface area contributed by atoms with Crippen LogP contribution in [0.15, 0.2) is 24.3 Å². The molecule has 0 spiro atoms. The number of aliphatic hydroxyl groups excluding tert-OH is 2. The third-order valence-electron chi connectivity index (χ3n) is 15.9. The zero-order chi connectivity index (χ0) is 52.0. The monoisotopic (exact) mass is 1010 g/mol. The molecule has 72 heavy (non-hydrogen) atoms. The first-order chi connectivity index (χ1) is 35.7. The van der Waals surface area contributed by atoms with Crippen LogP contribution in [-0.4, -0.2) is 34.9 Å². The summed E-state index contributed by atoms with van der Waals surface area (Å²) >= 11 is 0. The van der Waals surface area contributed by atoms with Crippen LogP contribution in [0.25, 0.3) is 0 Å². The van der Waals surface area contributed by atoms with E-state index in [1.807, 2.05) is 6.08 Å². The Morgan fingerprint density at radius 3 is 0.806 bits per heavy atom. The van der Waals surface area contributed by atoms with Gasteiger partial charge in [-0.25, -0.2) is 0 Å². The number of nitrogens with one attached hydrogen (secondary N) is 1. The minimum atomic E-state index is -0.860. The normalized spacial score (nSPS) is 12.8. The maximum atomic E-state index is 12.5. The van der Waals surface area contributed by atoms with Crippen LogP contribution < -0.4 is 5.32 Å². The Morgan fingerprint density at radius 2 is 0.542 bits per heavy atom. The van der Waals surface area contributed by atoms with Crippen molar-refractivity contribution in [2.45, 2.75) is 398 Å². The second-order valence-electron chi connectivity index (χ2n) is 23.2. The maximum Gasteiger partial charge on any atom is 0.220 e. The Kier molecular flexibility index (Phi) is 63.2. The molecule has 0 heterocycles. The summed E-state index contributed by atoms with van der Waals surface area (Å²) in [7, 11) is 0. The minimum absolute atomic E-state index is 0.0654. The highest BCUT2D eigenvalue weighted by atomic mass is 16.3. The molecule has 0 aliphatic rings. The molecule has 0 radical (unpaired) electrons. The van der Waals surface area contributed by atoms with Crippen LogP contribution >= 0.6 is 0 Å². The Bertz CT molecular complexity index is 1060. The molecule has 2 unspecified atom stereocenters. The molecule has 3 N–H and O–H groups in total. The molecule has 0 aliphatic carbocycles. The zero-order valence-electron chi connectivity index (χ0n) is 49.5. The van der Waals surface area contributed by atoms with Gasteiger partial charge in [-0.2, -0.15) is 0 Å². The summed E-state index contributed by atoms with van der Waals surface area (Å²) in [5, 5.41) is 23.2. The van der Waals surface area contributed by atoms with Gasteiger partial charge in [0.25, 0.3) is 0 Å². The van der Waals surface area contributed by atoms with E-state index in [0.717, 1.165) is 32.1 Å². The predicted molar refractivity (Wildman–Crippen MR) is 322 cm³/mol. The predicted octanol–water partition coefficient (Wildman–Crippen LogP) is 22.6. The summed E-state index contributed by atoms with van der Waals surface area (Å²) in [6, 6.07) is -0.637. The molecule has 428 valence electrons. The summed E-state index contributed by atoms with van der Waals surface area (Å²) in [5.74, 6) is -0.0654. The Labute approximate surface area is 453 Å². The van der Waals surface area contributed by atoms with Gasteiger partial charge in [0.05, 0.1) is 18.8 Å². The van der Waals surface area contributed by atoms with Crippen molar-refractivity contribution >= 4 is 5.91 Å². The molecule has 0 aromatic heterocycles. The van der Waals surface area contributed by atoms with E-state index in [4.69, 9.17) is 0 Å². The molecule has 0 saturated heterocycles. The molecular formula is C68H133NO3. The Morgan fingerprint density at radius 1 is 0.319 bits per heavy atom. The van der Waals surface area contributed by atoms with E-state index in [1.165, 1.54) is 334 Å². The SMILES string of the molecule is CCCCCCCCCCCCCCC/C=C/CC/C=C/C(O)C(CO)NC(=O)CCCCCCCCCCCCCCCCCCCCCCCCCCCCCCCCCCCCCCCCCCC. The van der Waals surface area contributed by atoms with Crippen molar-refractivity contribution in [2.24, 2.45) is 0 Å². The summed E-state index contributed by atoms with van der Waals surface area (Å²) in [4.78, 5) is 12.5. The highest BCUT2D eigenvalue weighted by Gasteiger charge is 2.18. The molecule has 0 aromatic rings. The van der Waals surface area contributed by atoms with E-state index in [1.54, 1.807) is 6.08 Å². The largest absolute Gasteiger partial charge is 0.394 e. The van der Waals surface area contributed by atoms with Crippen molar-refractivity contribution in [1.82, 2.24) is 5.32 Å². The number of hydrogen-bond acceptors (Lipinski definition) is 3. The molecule has 0 fully saturated rings. The third kappa shape index (κ3) is 59.7. The zero-order valence-corrected chi connectivity index (χ0v) is 49.5. The smallest absolute Gasteiger partial charge is 0.220 e. The van der Waals surface area contributed by atoms with Gasteiger partial charge in [-0.3, -0.25) is 4.79 Å². The molecule has 4 nitrogen and oxygen atoms in total. The van der Waals surface area contributed by atoms with Gasteiger partial charge in [0.1, 0.15) is 0 Å². The lowest BCUT2D eigenvalue weighted by Crippen LogP contribution is -2.45. The topological polar surface area (TPSA) is 69.6 Å². The number of aliphatic hydroxyl groups is 2. The van der Waals surface area contributed by atoms with Crippen LogP contribution in [-0.2, 0) is 4.79 Å². The summed E-state index contributed by atoms with van der Waals surface area (Å²) in [6.07, 6.45) is 87.0. The van der Waals surface area contributed by atoms with Crippen molar-refractivity contribution in [3.8, 4) is 0 Å². The van der Waals surface area contributed by atoms with Crippen LogP contribution in [0.3, 0.4) is 0 Å². The minimum Gasteiger partial charge on any atom is -0.394 e. The highest BCUT2D eigenvalue weighted by molar-refractivity contribution is 5.76. The van der Waals surface area contributed by atoms with Gasteiger partial charge < -0.3 is 15.5 Å². The van der Waals surface area contributed by atoms with E-state index in [0.29, 0.717) is 6.42 Å². The average molecular weight is 1010 g/mol. The van der Waals surface area contributed by atoms with Crippen LogP contribution in [0.2, 0.25) is 0 Å². The lowest BCUT2D eigenvalue weighted by molar-refractivity contribution is -0.123. The first-order valence-corrected chi connectivity index (χ1v) is 33.6. The quantitative estimate of drug-likeness (QED) is 0.0420.